The number of para-hydroxylation sites is 1. The van der Waals surface area contributed by atoms with Crippen molar-refractivity contribution < 1.29 is 19.3 Å². The van der Waals surface area contributed by atoms with E-state index in [0.717, 1.165) is 45.5 Å². The van der Waals surface area contributed by atoms with Gasteiger partial charge in [-0.2, -0.15) is 0 Å². The Balaban J connectivity index is 1.48. The molecule has 31 heavy (non-hydrogen) atoms. The smallest absolute Gasteiger partial charge is 0.129 e. The van der Waals surface area contributed by atoms with Crippen LogP contribution in [0.5, 0.6) is 5.75 Å². The molecule has 166 valence electrons. The zero-order chi connectivity index (χ0) is 22.1. The van der Waals surface area contributed by atoms with E-state index in [1.54, 1.807) is 14.2 Å². The highest BCUT2D eigenvalue weighted by Gasteiger charge is 2.11. The van der Waals surface area contributed by atoms with Crippen molar-refractivity contribution in [1.82, 2.24) is 10.3 Å². The summed E-state index contributed by atoms with van der Waals surface area (Å²) in [5.74, 6) is 2.57. The second-order valence-corrected chi connectivity index (χ2v) is 7.31. The van der Waals surface area contributed by atoms with E-state index in [0.29, 0.717) is 19.5 Å². The molecule has 3 aromatic rings. The highest BCUT2D eigenvalue weighted by Crippen LogP contribution is 2.32. The molecule has 6 heteroatoms. The summed E-state index contributed by atoms with van der Waals surface area (Å²) in [5.41, 5.74) is 2.10. The van der Waals surface area contributed by atoms with E-state index >= 15 is 0 Å². The zero-order valence-electron chi connectivity index (χ0n) is 18.5. The number of hydrogen-bond acceptors (Lipinski definition) is 5. The Bertz CT molecular complexity index is 1040. The fraction of sp³-hybridized carbons (Fsp3) is 0.360. The normalized spacial score (nSPS) is 13.5. The topological polar surface area (TPSA) is 75.7 Å². The van der Waals surface area contributed by atoms with Crippen molar-refractivity contribution in [1.29, 1.82) is 0 Å². The third-order valence-corrected chi connectivity index (χ3v) is 5.23. The molecule has 1 aromatic heterocycles. The number of aliphatic hydroxyl groups is 1. The molecule has 0 aliphatic carbocycles. The van der Waals surface area contributed by atoms with Crippen LogP contribution < -0.4 is 10.1 Å². The number of ether oxygens (including phenoxy) is 3. The molecule has 3 rings (SSSR count). The number of H-pyrrole nitrogens is 1. The molecule has 0 saturated heterocycles. The van der Waals surface area contributed by atoms with Crippen molar-refractivity contribution >= 4 is 21.8 Å². The van der Waals surface area contributed by atoms with E-state index < -0.39 is 6.10 Å². The van der Waals surface area contributed by atoms with Gasteiger partial charge in [-0.25, -0.2) is 0 Å². The number of aliphatic hydroxyl groups excluding tert-OH is 1. The van der Waals surface area contributed by atoms with Gasteiger partial charge in [0, 0.05) is 42.2 Å². The Kier molecular flexibility index (Phi) is 8.38. The first-order valence-electron chi connectivity index (χ1n) is 10.6. The quantitative estimate of drug-likeness (QED) is 0.295. The number of rotatable bonds is 12. The predicted octanol–water partition coefficient (Wildman–Crippen LogP) is 4.51. The zero-order valence-corrected chi connectivity index (χ0v) is 18.5. The van der Waals surface area contributed by atoms with Crippen molar-refractivity contribution in [3.8, 4) is 5.75 Å². The summed E-state index contributed by atoms with van der Waals surface area (Å²) in [5, 5.41) is 15.8. The van der Waals surface area contributed by atoms with Crippen molar-refractivity contribution in [3.05, 3.63) is 66.1 Å². The van der Waals surface area contributed by atoms with Crippen molar-refractivity contribution in [2.45, 2.75) is 25.9 Å². The average Bonchev–Trinajstić information content (AvgIpc) is 3.18. The van der Waals surface area contributed by atoms with Crippen LogP contribution in [0.3, 0.4) is 0 Å². The van der Waals surface area contributed by atoms with Gasteiger partial charge in [0.05, 0.1) is 31.3 Å². The molecule has 0 bridgehead atoms. The summed E-state index contributed by atoms with van der Waals surface area (Å²) in [6.45, 7) is 3.31. The molecular weight excluding hydrogens is 392 g/mol. The SMILES string of the molecule is C/C=C(\C/C=C(\CCNCC(O)COc1cccc2[nH]c3ccccc3c12)OC)OC. The third kappa shape index (κ3) is 6.03. The molecule has 1 atom stereocenters. The number of methoxy groups -OCH3 is 2. The van der Waals surface area contributed by atoms with E-state index in [9.17, 15) is 5.11 Å². The van der Waals surface area contributed by atoms with Crippen LogP contribution in [0, 0.1) is 0 Å². The largest absolute Gasteiger partial charge is 0.501 e. The summed E-state index contributed by atoms with van der Waals surface area (Å²) in [6, 6.07) is 14.1. The third-order valence-electron chi connectivity index (χ3n) is 5.23. The van der Waals surface area contributed by atoms with Crippen LogP contribution in [0.15, 0.2) is 66.1 Å². The van der Waals surface area contributed by atoms with E-state index in [1.165, 1.54) is 0 Å². The van der Waals surface area contributed by atoms with Crippen LogP contribution in [0.4, 0.5) is 0 Å². The van der Waals surface area contributed by atoms with Crippen LogP contribution in [0.1, 0.15) is 19.8 Å². The monoisotopic (exact) mass is 424 g/mol. The Hall–Kier alpha value is -2.96. The fourth-order valence-electron chi connectivity index (χ4n) is 3.53. The Morgan fingerprint density at radius 1 is 1.06 bits per heavy atom. The first kappa shape index (κ1) is 22.7. The van der Waals surface area contributed by atoms with Crippen LogP contribution in [-0.4, -0.2) is 50.1 Å². The van der Waals surface area contributed by atoms with Gasteiger partial charge in [-0.15, -0.1) is 0 Å². The van der Waals surface area contributed by atoms with Gasteiger partial charge in [-0.05, 0) is 37.3 Å². The van der Waals surface area contributed by atoms with Crippen LogP contribution in [-0.2, 0) is 9.47 Å². The molecule has 0 spiro atoms. The molecule has 1 heterocycles. The first-order valence-corrected chi connectivity index (χ1v) is 10.6. The summed E-state index contributed by atoms with van der Waals surface area (Å²) >= 11 is 0. The Morgan fingerprint density at radius 3 is 2.61 bits per heavy atom. The molecule has 3 N–H and O–H groups in total. The molecule has 0 saturated carbocycles. The second kappa shape index (κ2) is 11.4. The molecule has 0 aliphatic rings. The second-order valence-electron chi connectivity index (χ2n) is 7.31. The van der Waals surface area contributed by atoms with E-state index in [2.05, 4.69) is 22.4 Å². The molecule has 0 amide bonds. The number of hydrogen-bond donors (Lipinski definition) is 3. The molecule has 0 aliphatic heterocycles. The van der Waals surface area contributed by atoms with Gasteiger partial charge in [-0.3, -0.25) is 0 Å². The molecule has 6 nitrogen and oxygen atoms in total. The number of fused-ring (bicyclic) bond motifs is 3. The lowest BCUT2D eigenvalue weighted by Gasteiger charge is -2.14. The van der Waals surface area contributed by atoms with E-state index in [-0.39, 0.29) is 6.61 Å². The standard InChI is InChI=1S/C25H32N2O4/c1-4-19(29-2)12-13-20(30-3)14-15-26-16-18(28)17-31-24-11-7-10-23-25(24)21-8-5-6-9-22(21)27-23/h4-11,13,18,26-28H,12,14-17H2,1-3H3/b19-4+,20-13+. The lowest BCUT2D eigenvalue weighted by molar-refractivity contribution is 0.107. The maximum Gasteiger partial charge on any atom is 0.129 e. The molecule has 2 aromatic carbocycles. The minimum Gasteiger partial charge on any atom is -0.501 e. The maximum absolute atomic E-state index is 10.3. The highest BCUT2D eigenvalue weighted by atomic mass is 16.5. The molecular formula is C25H32N2O4. The van der Waals surface area contributed by atoms with Crippen LogP contribution in [0.25, 0.3) is 21.8 Å². The first-order chi connectivity index (χ1) is 15.2. The van der Waals surface area contributed by atoms with Gasteiger partial charge in [0.1, 0.15) is 18.5 Å². The summed E-state index contributed by atoms with van der Waals surface area (Å²) in [4.78, 5) is 3.41. The lowest BCUT2D eigenvalue weighted by Crippen LogP contribution is -2.32. The minimum absolute atomic E-state index is 0.219. The van der Waals surface area contributed by atoms with Gasteiger partial charge in [-0.1, -0.05) is 24.3 Å². The number of allylic oxidation sites excluding steroid dienone is 2. The number of aromatic nitrogens is 1. The van der Waals surface area contributed by atoms with Gasteiger partial charge >= 0.3 is 0 Å². The summed E-state index contributed by atoms with van der Waals surface area (Å²) < 4.78 is 16.6. The van der Waals surface area contributed by atoms with Crippen molar-refractivity contribution in [3.63, 3.8) is 0 Å². The minimum atomic E-state index is -0.612. The Labute approximate surface area is 183 Å². The number of benzene rings is 2. The maximum atomic E-state index is 10.3. The molecule has 0 fully saturated rings. The molecule has 1 unspecified atom stereocenters. The van der Waals surface area contributed by atoms with Gasteiger partial charge in [0.15, 0.2) is 0 Å². The molecule has 0 radical (unpaired) electrons. The van der Waals surface area contributed by atoms with Crippen molar-refractivity contribution in [2.24, 2.45) is 0 Å². The van der Waals surface area contributed by atoms with Crippen LogP contribution in [0.2, 0.25) is 0 Å². The van der Waals surface area contributed by atoms with E-state index in [1.807, 2.05) is 49.4 Å². The van der Waals surface area contributed by atoms with Gasteiger partial charge in [0.25, 0.3) is 0 Å². The van der Waals surface area contributed by atoms with Crippen LogP contribution >= 0.6 is 0 Å². The number of nitrogens with one attached hydrogen (secondary N) is 2. The number of aromatic amines is 1. The van der Waals surface area contributed by atoms with Gasteiger partial charge in [0.2, 0.25) is 0 Å². The summed E-state index contributed by atoms with van der Waals surface area (Å²) in [7, 11) is 3.33. The predicted molar refractivity (Wildman–Crippen MR) is 125 cm³/mol. The summed E-state index contributed by atoms with van der Waals surface area (Å²) in [6.07, 6.45) is 4.78. The average molecular weight is 425 g/mol. The Morgan fingerprint density at radius 2 is 1.84 bits per heavy atom. The lowest BCUT2D eigenvalue weighted by atomic mass is 10.1. The van der Waals surface area contributed by atoms with E-state index in [4.69, 9.17) is 14.2 Å². The van der Waals surface area contributed by atoms with Crippen molar-refractivity contribution in [2.75, 3.05) is 33.9 Å². The fourth-order valence-corrected chi connectivity index (χ4v) is 3.53. The highest BCUT2D eigenvalue weighted by molar-refractivity contribution is 6.10. The van der Waals surface area contributed by atoms with Gasteiger partial charge < -0.3 is 29.6 Å².